The molecule has 134 valence electrons. The zero-order valence-corrected chi connectivity index (χ0v) is 14.8. The standard InChI is InChI=1S/C22H18N2O3/c1-10-8-18(25)23-17-9-11(2-3-12(10)17)24-21(26)19-15-6-7-16(20(19)22(24)27)14-5-4-13(14)15/h2-9,13-16,19-20H,1H3,(H,23,25)/t13-,14+,15-,16+,19-,20+. The second kappa shape index (κ2) is 4.85. The molecule has 5 aliphatic rings. The van der Waals surface area contributed by atoms with Crippen LogP contribution in [0, 0.1) is 42.4 Å². The number of anilines is 1. The minimum atomic E-state index is -0.258. The van der Waals surface area contributed by atoms with E-state index < -0.39 is 0 Å². The van der Waals surface area contributed by atoms with Gasteiger partial charge in [0.15, 0.2) is 0 Å². The van der Waals surface area contributed by atoms with Crippen molar-refractivity contribution in [2.45, 2.75) is 6.92 Å². The fraction of sp³-hybridized carbons (Fsp3) is 0.318. The zero-order chi connectivity index (χ0) is 18.4. The van der Waals surface area contributed by atoms with Crippen LogP contribution in [-0.2, 0) is 9.59 Å². The lowest BCUT2D eigenvalue weighted by atomic mass is 9.50. The molecule has 5 heteroatoms. The molecular weight excluding hydrogens is 340 g/mol. The third-order valence-corrected chi connectivity index (χ3v) is 6.96. The highest BCUT2D eigenvalue weighted by molar-refractivity contribution is 6.23. The molecule has 1 aromatic heterocycles. The number of benzene rings is 1. The van der Waals surface area contributed by atoms with E-state index in [1.54, 1.807) is 12.1 Å². The Balaban J connectivity index is 1.46. The van der Waals surface area contributed by atoms with Gasteiger partial charge >= 0.3 is 0 Å². The lowest BCUT2D eigenvalue weighted by Gasteiger charge is -2.51. The van der Waals surface area contributed by atoms with E-state index in [4.69, 9.17) is 0 Å². The number of carbonyl (C=O) groups excluding carboxylic acids is 2. The predicted molar refractivity (Wildman–Crippen MR) is 101 cm³/mol. The van der Waals surface area contributed by atoms with Crippen LogP contribution >= 0.6 is 0 Å². The summed E-state index contributed by atoms with van der Waals surface area (Å²) in [5.74, 6) is 0.326. The van der Waals surface area contributed by atoms with E-state index >= 15 is 0 Å². The average molecular weight is 358 g/mol. The Labute approximate surface area is 155 Å². The van der Waals surface area contributed by atoms with E-state index in [0.29, 0.717) is 23.0 Å². The van der Waals surface area contributed by atoms with E-state index in [9.17, 15) is 14.4 Å². The van der Waals surface area contributed by atoms with Gasteiger partial charge in [0.25, 0.3) is 0 Å². The van der Waals surface area contributed by atoms with Crippen LogP contribution in [0.3, 0.4) is 0 Å². The van der Waals surface area contributed by atoms with Crippen LogP contribution in [0.15, 0.2) is 53.4 Å². The highest BCUT2D eigenvalue weighted by atomic mass is 16.2. The topological polar surface area (TPSA) is 70.2 Å². The third-order valence-electron chi connectivity index (χ3n) is 6.96. The monoisotopic (exact) mass is 358 g/mol. The highest BCUT2D eigenvalue weighted by Crippen LogP contribution is 2.59. The molecule has 1 saturated carbocycles. The summed E-state index contributed by atoms with van der Waals surface area (Å²) in [6.45, 7) is 1.88. The summed E-state index contributed by atoms with van der Waals surface area (Å²) < 4.78 is 0. The number of carbonyl (C=O) groups is 2. The van der Waals surface area contributed by atoms with Crippen molar-refractivity contribution in [2.75, 3.05) is 4.90 Å². The van der Waals surface area contributed by atoms with Gasteiger partial charge in [-0.2, -0.15) is 0 Å². The van der Waals surface area contributed by atoms with Crippen LogP contribution in [0.1, 0.15) is 5.56 Å². The number of aromatic amines is 1. The van der Waals surface area contributed by atoms with Crippen molar-refractivity contribution in [1.82, 2.24) is 4.98 Å². The van der Waals surface area contributed by atoms with Crippen LogP contribution < -0.4 is 10.5 Å². The number of fused-ring (bicyclic) bond motifs is 1. The summed E-state index contributed by atoms with van der Waals surface area (Å²) in [5, 5.41) is 0.916. The minimum absolute atomic E-state index is 0.0996. The van der Waals surface area contributed by atoms with Crippen molar-refractivity contribution in [3.05, 3.63) is 64.5 Å². The first-order valence-electron chi connectivity index (χ1n) is 9.43. The second-order valence-corrected chi connectivity index (χ2v) is 8.19. The number of allylic oxidation sites excluding steroid dienone is 4. The van der Waals surface area contributed by atoms with Crippen LogP contribution in [0.25, 0.3) is 10.9 Å². The Bertz CT molecular complexity index is 1120. The summed E-state index contributed by atoms with van der Waals surface area (Å²) in [6, 6.07) is 6.98. The SMILES string of the molecule is Cc1cc(=O)[nH]c2cc(N3C(=O)[C@@H]4[C@@H]5C=C[C@@H]([C@H]6C=C[C@H]65)[C@@H]4C3=O)ccc12. The van der Waals surface area contributed by atoms with E-state index in [1.165, 1.54) is 4.90 Å². The molecule has 0 radical (unpaired) electrons. The third kappa shape index (κ3) is 1.77. The molecule has 2 bridgehead atoms. The van der Waals surface area contributed by atoms with Crippen LogP contribution in [0.4, 0.5) is 5.69 Å². The van der Waals surface area contributed by atoms with Gasteiger partial charge in [0.05, 0.1) is 23.0 Å². The zero-order valence-electron chi connectivity index (χ0n) is 14.8. The van der Waals surface area contributed by atoms with Gasteiger partial charge in [0.2, 0.25) is 17.4 Å². The Morgan fingerprint density at radius 1 is 0.815 bits per heavy atom. The molecular formula is C22H18N2O3. The van der Waals surface area contributed by atoms with Gasteiger partial charge in [-0.1, -0.05) is 30.4 Å². The molecule has 5 nitrogen and oxygen atoms in total. The molecule has 1 saturated heterocycles. The molecule has 4 aliphatic carbocycles. The Morgan fingerprint density at radius 3 is 2.00 bits per heavy atom. The summed E-state index contributed by atoms with van der Waals surface area (Å²) >= 11 is 0. The summed E-state index contributed by atoms with van der Waals surface area (Å²) in [5.41, 5.74) is 1.89. The van der Waals surface area contributed by atoms with Crippen LogP contribution in [-0.4, -0.2) is 16.8 Å². The fourth-order valence-electron chi connectivity index (χ4n) is 5.71. The van der Waals surface area contributed by atoms with Gasteiger partial charge in [-0.25, -0.2) is 4.90 Å². The average Bonchev–Trinajstić information content (AvgIpc) is 2.86. The molecule has 6 atom stereocenters. The summed E-state index contributed by atoms with van der Waals surface area (Å²) in [6.07, 6.45) is 8.66. The van der Waals surface area contributed by atoms with E-state index in [-0.39, 0.29) is 41.0 Å². The number of rotatable bonds is 1. The smallest absolute Gasteiger partial charge is 0.248 e. The lowest BCUT2D eigenvalue weighted by molar-refractivity contribution is -0.127. The van der Waals surface area contributed by atoms with Crippen molar-refractivity contribution >= 4 is 28.4 Å². The Hall–Kier alpha value is -2.95. The Kier molecular flexibility index (Phi) is 2.72. The molecule has 7 rings (SSSR count). The minimum Gasteiger partial charge on any atom is -0.322 e. The van der Waals surface area contributed by atoms with Crippen LogP contribution in [0.5, 0.6) is 0 Å². The molecule has 2 heterocycles. The normalized spacial score (nSPS) is 35.5. The van der Waals surface area contributed by atoms with Gasteiger partial charge < -0.3 is 4.98 Å². The van der Waals surface area contributed by atoms with Gasteiger partial charge in [-0.3, -0.25) is 14.4 Å². The van der Waals surface area contributed by atoms with E-state index in [1.807, 2.05) is 19.1 Å². The quantitative estimate of drug-likeness (QED) is 0.629. The second-order valence-electron chi connectivity index (χ2n) is 8.19. The highest BCUT2D eigenvalue weighted by Gasteiger charge is 2.62. The van der Waals surface area contributed by atoms with Gasteiger partial charge in [-0.05, 0) is 48.3 Å². The molecule has 0 unspecified atom stereocenters. The molecule has 2 fully saturated rings. The molecule has 2 amide bonds. The van der Waals surface area contributed by atoms with Crippen molar-refractivity contribution in [3.63, 3.8) is 0 Å². The largest absolute Gasteiger partial charge is 0.322 e. The van der Waals surface area contributed by atoms with Crippen molar-refractivity contribution in [1.29, 1.82) is 0 Å². The lowest BCUT2D eigenvalue weighted by Crippen LogP contribution is -2.50. The molecule has 27 heavy (non-hydrogen) atoms. The number of pyridine rings is 1. The number of hydrogen-bond acceptors (Lipinski definition) is 3. The van der Waals surface area contributed by atoms with Gasteiger partial charge in [-0.15, -0.1) is 0 Å². The summed E-state index contributed by atoms with van der Waals surface area (Å²) in [7, 11) is 0. The Morgan fingerprint density at radius 2 is 1.41 bits per heavy atom. The van der Waals surface area contributed by atoms with Crippen molar-refractivity contribution in [3.8, 4) is 0 Å². The number of nitrogens with one attached hydrogen (secondary N) is 1. The van der Waals surface area contributed by atoms with Crippen molar-refractivity contribution in [2.24, 2.45) is 35.5 Å². The maximum absolute atomic E-state index is 13.3. The number of aromatic nitrogens is 1. The number of aryl methyl sites for hydroxylation is 1. The molecule has 1 aromatic carbocycles. The van der Waals surface area contributed by atoms with Gasteiger partial charge in [0.1, 0.15) is 0 Å². The predicted octanol–water partition coefficient (Wildman–Crippen LogP) is 2.56. The number of nitrogens with zero attached hydrogens (tertiary/aromatic N) is 1. The van der Waals surface area contributed by atoms with Crippen molar-refractivity contribution < 1.29 is 9.59 Å². The van der Waals surface area contributed by atoms with Crippen LogP contribution in [0.2, 0.25) is 0 Å². The summed E-state index contributed by atoms with van der Waals surface area (Å²) in [4.78, 5) is 42.5. The van der Waals surface area contributed by atoms with E-state index in [0.717, 1.165) is 10.9 Å². The first-order valence-corrected chi connectivity index (χ1v) is 9.43. The first kappa shape index (κ1) is 15.1. The van der Waals surface area contributed by atoms with Gasteiger partial charge in [0, 0.05) is 11.5 Å². The first-order chi connectivity index (χ1) is 13.0. The maximum atomic E-state index is 13.3. The number of imide groups is 1. The number of hydrogen-bond donors (Lipinski definition) is 1. The maximum Gasteiger partial charge on any atom is 0.248 e. The molecule has 2 aromatic rings. The fourth-order valence-corrected chi connectivity index (χ4v) is 5.71. The molecule has 0 spiro atoms. The number of H-pyrrole nitrogens is 1. The molecule has 1 N–H and O–H groups in total. The molecule has 1 aliphatic heterocycles. The van der Waals surface area contributed by atoms with E-state index in [2.05, 4.69) is 29.3 Å². The number of amides is 2.